The van der Waals surface area contributed by atoms with Crippen LogP contribution in [0.3, 0.4) is 0 Å². The largest absolute Gasteiger partial charge is 0.382 e. The lowest BCUT2D eigenvalue weighted by molar-refractivity contribution is 0.0329. The van der Waals surface area contributed by atoms with Crippen LogP contribution in [-0.2, 0) is 4.74 Å². The van der Waals surface area contributed by atoms with Crippen molar-refractivity contribution >= 4 is 11.4 Å². The first-order valence-corrected chi connectivity index (χ1v) is 7.10. The van der Waals surface area contributed by atoms with Crippen molar-refractivity contribution in [3.63, 3.8) is 0 Å². The van der Waals surface area contributed by atoms with Crippen LogP contribution in [0.2, 0.25) is 0 Å². The molecular weight excluding hydrogens is 243 g/mol. The summed E-state index contributed by atoms with van der Waals surface area (Å²) >= 11 is 0. The van der Waals surface area contributed by atoms with Crippen molar-refractivity contribution in [3.05, 3.63) is 24.0 Å². The minimum absolute atomic E-state index is 0.116. The molecule has 0 amide bonds. The fourth-order valence-electron chi connectivity index (χ4n) is 2.92. The molecule has 1 aliphatic heterocycles. The number of anilines is 2. The number of benzene rings is 1. The lowest BCUT2D eigenvalue weighted by Gasteiger charge is -2.35. The molecule has 19 heavy (non-hydrogen) atoms. The van der Waals surface area contributed by atoms with Crippen molar-refractivity contribution in [1.29, 1.82) is 0 Å². The molecule has 1 saturated heterocycles. The van der Waals surface area contributed by atoms with E-state index in [1.165, 1.54) is 12.8 Å². The molecule has 0 aromatic heterocycles. The Morgan fingerprint density at radius 3 is 2.63 bits per heavy atom. The number of hydrogen-bond donors (Lipinski definition) is 1. The molecule has 3 nitrogen and oxygen atoms in total. The Bertz CT molecular complexity index is 440. The average molecular weight is 264 g/mol. The van der Waals surface area contributed by atoms with E-state index >= 15 is 0 Å². The van der Waals surface area contributed by atoms with Crippen LogP contribution in [0.5, 0.6) is 0 Å². The molecule has 0 atom stereocenters. The van der Waals surface area contributed by atoms with E-state index in [0.717, 1.165) is 37.3 Å². The average Bonchev–Trinajstić information content (AvgIpc) is 2.87. The number of nitrogens with one attached hydrogen (secondary N) is 1. The van der Waals surface area contributed by atoms with E-state index in [4.69, 9.17) is 4.74 Å². The van der Waals surface area contributed by atoms with Gasteiger partial charge in [0.15, 0.2) is 0 Å². The van der Waals surface area contributed by atoms with E-state index in [-0.39, 0.29) is 5.82 Å². The normalized spacial score (nSPS) is 26.3. The van der Waals surface area contributed by atoms with Crippen LogP contribution in [0.15, 0.2) is 18.2 Å². The van der Waals surface area contributed by atoms with E-state index in [0.29, 0.717) is 12.1 Å². The Hall–Kier alpha value is -1.29. The molecule has 104 valence electrons. The second-order valence-corrected chi connectivity index (χ2v) is 5.53. The van der Waals surface area contributed by atoms with E-state index in [1.54, 1.807) is 13.2 Å². The predicted octanol–water partition coefficient (Wildman–Crippen LogP) is 3.02. The van der Waals surface area contributed by atoms with Crippen LogP contribution in [-0.4, -0.2) is 32.3 Å². The number of methoxy groups -OCH3 is 1. The van der Waals surface area contributed by atoms with Gasteiger partial charge in [0.05, 0.1) is 11.8 Å². The highest BCUT2D eigenvalue weighted by Gasteiger charge is 2.28. The van der Waals surface area contributed by atoms with Gasteiger partial charge >= 0.3 is 0 Å². The molecule has 1 heterocycles. The molecule has 3 rings (SSSR count). The second kappa shape index (κ2) is 5.37. The molecule has 1 aliphatic carbocycles. The van der Waals surface area contributed by atoms with Gasteiger partial charge in [0, 0.05) is 31.9 Å². The zero-order valence-corrected chi connectivity index (χ0v) is 11.4. The number of nitrogens with zero attached hydrogens (tertiary/aromatic N) is 1. The zero-order chi connectivity index (χ0) is 13.2. The lowest BCUT2D eigenvalue weighted by atomic mass is 9.89. The highest BCUT2D eigenvalue weighted by atomic mass is 19.1. The number of hydrogen-bond acceptors (Lipinski definition) is 3. The molecule has 0 unspecified atom stereocenters. The first kappa shape index (κ1) is 12.7. The van der Waals surface area contributed by atoms with Gasteiger partial charge in [0.1, 0.15) is 5.82 Å². The maximum atomic E-state index is 14.1. The van der Waals surface area contributed by atoms with Crippen LogP contribution >= 0.6 is 0 Å². The van der Waals surface area contributed by atoms with E-state index < -0.39 is 0 Å². The molecule has 1 N–H and O–H groups in total. The van der Waals surface area contributed by atoms with Crippen molar-refractivity contribution < 1.29 is 9.13 Å². The van der Waals surface area contributed by atoms with E-state index in [1.807, 2.05) is 12.1 Å². The summed E-state index contributed by atoms with van der Waals surface area (Å²) in [6.07, 6.45) is 4.71. The second-order valence-electron chi connectivity index (χ2n) is 5.53. The van der Waals surface area contributed by atoms with Crippen LogP contribution in [0.4, 0.5) is 15.8 Å². The highest BCUT2D eigenvalue weighted by Crippen LogP contribution is 2.29. The smallest absolute Gasteiger partial charge is 0.148 e. The minimum atomic E-state index is -0.116. The molecule has 0 radical (unpaired) electrons. The summed E-state index contributed by atoms with van der Waals surface area (Å²) in [5, 5.41) is 3.36. The van der Waals surface area contributed by atoms with Gasteiger partial charge in [-0.05, 0) is 43.9 Å². The predicted molar refractivity (Wildman–Crippen MR) is 75.3 cm³/mol. The molecule has 1 aromatic carbocycles. The molecule has 4 heteroatoms. The van der Waals surface area contributed by atoms with Gasteiger partial charge in [-0.15, -0.1) is 0 Å². The summed E-state index contributed by atoms with van der Waals surface area (Å²) in [6, 6.07) is 5.92. The van der Waals surface area contributed by atoms with Crippen LogP contribution in [0.1, 0.15) is 25.7 Å². The van der Waals surface area contributed by atoms with Gasteiger partial charge in [0.2, 0.25) is 0 Å². The van der Waals surface area contributed by atoms with Gasteiger partial charge < -0.3 is 15.0 Å². The van der Waals surface area contributed by atoms with Crippen molar-refractivity contribution in [2.45, 2.75) is 37.8 Å². The van der Waals surface area contributed by atoms with Crippen molar-refractivity contribution in [3.8, 4) is 0 Å². The standard InChI is InChI=1S/C15H21FN2O/c1-19-13-8-12(9-13)17-11-4-5-15(14(16)10-11)18-6-2-3-7-18/h4-5,10,12-13,17H,2-3,6-9H2,1H3. The minimum Gasteiger partial charge on any atom is -0.382 e. The van der Waals surface area contributed by atoms with Crippen molar-refractivity contribution in [2.75, 3.05) is 30.4 Å². The summed E-state index contributed by atoms with van der Waals surface area (Å²) in [4.78, 5) is 2.13. The Balaban J connectivity index is 1.63. The molecule has 2 aliphatic rings. The van der Waals surface area contributed by atoms with Gasteiger partial charge in [0.25, 0.3) is 0 Å². The fourth-order valence-corrected chi connectivity index (χ4v) is 2.92. The van der Waals surface area contributed by atoms with E-state index in [9.17, 15) is 4.39 Å². The summed E-state index contributed by atoms with van der Waals surface area (Å²) < 4.78 is 19.4. The zero-order valence-electron chi connectivity index (χ0n) is 11.4. The molecule has 0 spiro atoms. The highest BCUT2D eigenvalue weighted by molar-refractivity contribution is 5.57. The summed E-state index contributed by atoms with van der Waals surface area (Å²) in [6.45, 7) is 1.95. The van der Waals surface area contributed by atoms with Gasteiger partial charge in [-0.3, -0.25) is 0 Å². The fraction of sp³-hybridized carbons (Fsp3) is 0.600. The molecule has 2 fully saturated rings. The summed E-state index contributed by atoms with van der Waals surface area (Å²) in [7, 11) is 1.74. The third-order valence-electron chi connectivity index (χ3n) is 4.19. The maximum Gasteiger partial charge on any atom is 0.148 e. The molecule has 1 saturated carbocycles. The van der Waals surface area contributed by atoms with Crippen LogP contribution in [0.25, 0.3) is 0 Å². The number of ether oxygens (including phenoxy) is 1. The quantitative estimate of drug-likeness (QED) is 0.904. The molecular formula is C15H21FN2O. The first-order chi connectivity index (χ1) is 9.26. The molecule has 0 bridgehead atoms. The Labute approximate surface area is 113 Å². The summed E-state index contributed by atoms with van der Waals surface area (Å²) in [5.41, 5.74) is 1.62. The Morgan fingerprint density at radius 2 is 2.00 bits per heavy atom. The van der Waals surface area contributed by atoms with E-state index in [2.05, 4.69) is 10.2 Å². The van der Waals surface area contributed by atoms with Gasteiger partial charge in [-0.25, -0.2) is 4.39 Å². The van der Waals surface area contributed by atoms with Crippen LogP contribution < -0.4 is 10.2 Å². The summed E-state index contributed by atoms with van der Waals surface area (Å²) in [5.74, 6) is -0.116. The van der Waals surface area contributed by atoms with Gasteiger partial charge in [-0.2, -0.15) is 0 Å². The maximum absolute atomic E-state index is 14.1. The Kier molecular flexibility index (Phi) is 3.60. The topological polar surface area (TPSA) is 24.5 Å². The van der Waals surface area contributed by atoms with Crippen molar-refractivity contribution in [1.82, 2.24) is 0 Å². The Morgan fingerprint density at radius 1 is 1.26 bits per heavy atom. The first-order valence-electron chi connectivity index (χ1n) is 7.10. The lowest BCUT2D eigenvalue weighted by Crippen LogP contribution is -2.40. The van der Waals surface area contributed by atoms with Crippen molar-refractivity contribution in [2.24, 2.45) is 0 Å². The third-order valence-corrected chi connectivity index (χ3v) is 4.19. The van der Waals surface area contributed by atoms with Crippen LogP contribution in [0, 0.1) is 5.82 Å². The molecule has 1 aromatic rings. The monoisotopic (exact) mass is 264 g/mol. The van der Waals surface area contributed by atoms with Gasteiger partial charge in [-0.1, -0.05) is 0 Å². The number of rotatable bonds is 4. The third kappa shape index (κ3) is 2.68. The SMILES string of the molecule is COC1CC(Nc2ccc(N3CCCC3)c(F)c2)C1. The number of halogens is 1.